The number of esters is 1. The van der Waals surface area contributed by atoms with Crippen molar-refractivity contribution < 1.29 is 23.1 Å². The van der Waals surface area contributed by atoms with Crippen molar-refractivity contribution >= 4 is 16.0 Å². The van der Waals surface area contributed by atoms with Gasteiger partial charge in [-0.05, 0) is 24.6 Å². The minimum Gasteiger partial charge on any atom is -0.467 e. The van der Waals surface area contributed by atoms with Gasteiger partial charge in [-0.25, -0.2) is 17.9 Å². The van der Waals surface area contributed by atoms with Crippen LogP contribution in [0.4, 0.5) is 0 Å². The molecule has 0 unspecified atom stereocenters. The SMILES string of the molecule is COC(=O)[C@H](O)[C@@H](NS(=O)(=O)c1ccc(C)cc1)c1ccccc1. The number of nitrogens with one attached hydrogen (secondary N) is 1. The molecule has 128 valence electrons. The van der Waals surface area contributed by atoms with Gasteiger partial charge < -0.3 is 9.84 Å². The number of rotatable bonds is 6. The summed E-state index contributed by atoms with van der Waals surface area (Å²) in [5.41, 5.74) is 1.37. The highest BCUT2D eigenvalue weighted by Crippen LogP contribution is 2.21. The van der Waals surface area contributed by atoms with E-state index in [2.05, 4.69) is 9.46 Å². The van der Waals surface area contributed by atoms with Gasteiger partial charge in [0, 0.05) is 0 Å². The quantitative estimate of drug-likeness (QED) is 0.772. The van der Waals surface area contributed by atoms with Gasteiger partial charge >= 0.3 is 5.97 Å². The van der Waals surface area contributed by atoms with E-state index in [1.165, 1.54) is 12.1 Å². The van der Waals surface area contributed by atoms with Crippen LogP contribution in [0.2, 0.25) is 0 Å². The lowest BCUT2D eigenvalue weighted by atomic mass is 10.0. The van der Waals surface area contributed by atoms with Gasteiger partial charge in [0.05, 0.1) is 18.0 Å². The summed E-state index contributed by atoms with van der Waals surface area (Å²) in [6.07, 6.45) is -1.67. The molecule has 0 spiro atoms. The molecule has 0 amide bonds. The molecule has 2 atom stereocenters. The summed E-state index contributed by atoms with van der Waals surface area (Å²) in [4.78, 5) is 11.7. The van der Waals surface area contributed by atoms with E-state index in [0.29, 0.717) is 5.56 Å². The monoisotopic (exact) mass is 349 g/mol. The number of aryl methyl sites for hydroxylation is 1. The summed E-state index contributed by atoms with van der Waals surface area (Å²) in [5.74, 6) is -0.921. The lowest BCUT2D eigenvalue weighted by molar-refractivity contribution is -0.151. The van der Waals surface area contributed by atoms with Crippen molar-refractivity contribution in [3.05, 3.63) is 65.7 Å². The summed E-state index contributed by atoms with van der Waals surface area (Å²) >= 11 is 0. The van der Waals surface area contributed by atoms with E-state index in [4.69, 9.17) is 0 Å². The molecule has 2 aromatic rings. The number of sulfonamides is 1. The minimum atomic E-state index is -3.93. The van der Waals surface area contributed by atoms with Crippen LogP contribution in [0.25, 0.3) is 0 Å². The molecule has 0 aromatic heterocycles. The standard InChI is InChI=1S/C17H19NO5S/c1-12-8-10-14(11-9-12)24(21,22)18-15(16(19)17(20)23-2)13-6-4-3-5-7-13/h3-11,15-16,18-19H,1-2H3/t15-,16+/m0/s1. The summed E-state index contributed by atoms with van der Waals surface area (Å²) in [5, 5.41) is 10.2. The number of hydrogen-bond acceptors (Lipinski definition) is 5. The van der Waals surface area contributed by atoms with E-state index < -0.39 is 28.1 Å². The first-order valence-electron chi connectivity index (χ1n) is 7.25. The first kappa shape index (κ1) is 18.1. The first-order valence-corrected chi connectivity index (χ1v) is 8.73. The molecule has 2 N–H and O–H groups in total. The molecular formula is C17H19NO5S. The number of ether oxygens (including phenoxy) is 1. The highest BCUT2D eigenvalue weighted by atomic mass is 32.2. The number of hydrogen-bond donors (Lipinski definition) is 2. The number of aliphatic hydroxyl groups is 1. The molecule has 24 heavy (non-hydrogen) atoms. The van der Waals surface area contributed by atoms with Gasteiger partial charge in [0.15, 0.2) is 6.10 Å². The second kappa shape index (κ2) is 7.57. The molecule has 0 heterocycles. The molecule has 0 fully saturated rings. The van der Waals surface area contributed by atoms with Crippen molar-refractivity contribution in [1.82, 2.24) is 4.72 Å². The van der Waals surface area contributed by atoms with Crippen LogP contribution in [0, 0.1) is 6.92 Å². The summed E-state index contributed by atoms with van der Waals surface area (Å²) in [6, 6.07) is 13.5. The van der Waals surface area contributed by atoms with Gasteiger partial charge in [0.1, 0.15) is 0 Å². The Bertz CT molecular complexity index is 787. The third-order valence-corrected chi connectivity index (χ3v) is 4.99. The van der Waals surface area contributed by atoms with E-state index in [1.807, 2.05) is 6.92 Å². The molecule has 0 aliphatic heterocycles. The van der Waals surface area contributed by atoms with Crippen LogP contribution >= 0.6 is 0 Å². The Morgan fingerprint density at radius 3 is 2.21 bits per heavy atom. The van der Waals surface area contributed by atoms with Crippen molar-refractivity contribution in [2.45, 2.75) is 24.0 Å². The lowest BCUT2D eigenvalue weighted by Gasteiger charge is -2.23. The zero-order valence-corrected chi connectivity index (χ0v) is 14.2. The molecule has 0 aliphatic carbocycles. The molecule has 0 bridgehead atoms. The van der Waals surface area contributed by atoms with Crippen LogP contribution in [0.15, 0.2) is 59.5 Å². The number of benzene rings is 2. The fourth-order valence-corrected chi connectivity index (χ4v) is 3.41. The normalized spacial score (nSPS) is 14.0. The van der Waals surface area contributed by atoms with E-state index in [9.17, 15) is 18.3 Å². The van der Waals surface area contributed by atoms with Crippen LogP contribution in [0.1, 0.15) is 17.2 Å². The topological polar surface area (TPSA) is 92.7 Å². The van der Waals surface area contributed by atoms with Crippen LogP contribution < -0.4 is 4.72 Å². The largest absolute Gasteiger partial charge is 0.467 e. The van der Waals surface area contributed by atoms with Crippen molar-refractivity contribution in [2.75, 3.05) is 7.11 Å². The summed E-state index contributed by atoms with van der Waals surface area (Å²) in [7, 11) is -2.80. The van der Waals surface area contributed by atoms with Gasteiger partial charge in [-0.2, -0.15) is 0 Å². The highest BCUT2D eigenvalue weighted by Gasteiger charge is 2.32. The van der Waals surface area contributed by atoms with Crippen LogP contribution in [-0.2, 0) is 19.6 Å². The highest BCUT2D eigenvalue weighted by molar-refractivity contribution is 7.89. The molecule has 0 saturated carbocycles. The van der Waals surface area contributed by atoms with E-state index >= 15 is 0 Å². The van der Waals surface area contributed by atoms with Crippen molar-refractivity contribution in [2.24, 2.45) is 0 Å². The summed E-state index contributed by atoms with van der Waals surface area (Å²) < 4.78 is 32.0. The molecule has 6 nitrogen and oxygen atoms in total. The minimum absolute atomic E-state index is 0.0473. The smallest absolute Gasteiger partial charge is 0.336 e. The van der Waals surface area contributed by atoms with Gasteiger partial charge in [-0.15, -0.1) is 0 Å². The van der Waals surface area contributed by atoms with Gasteiger partial charge in [0.2, 0.25) is 10.0 Å². The molecule has 0 aliphatic rings. The Morgan fingerprint density at radius 1 is 1.08 bits per heavy atom. The zero-order chi connectivity index (χ0) is 17.7. The molecular weight excluding hydrogens is 330 g/mol. The maximum Gasteiger partial charge on any atom is 0.336 e. The Hall–Kier alpha value is -2.22. The second-order valence-electron chi connectivity index (χ2n) is 5.29. The Balaban J connectivity index is 2.37. The van der Waals surface area contributed by atoms with Crippen LogP contribution in [-0.4, -0.2) is 32.7 Å². The number of methoxy groups -OCH3 is 1. The first-order chi connectivity index (χ1) is 11.3. The Morgan fingerprint density at radius 2 is 1.67 bits per heavy atom. The van der Waals surface area contributed by atoms with E-state index in [-0.39, 0.29) is 4.90 Å². The predicted octanol–water partition coefficient (Wildman–Crippen LogP) is 1.55. The van der Waals surface area contributed by atoms with Crippen molar-refractivity contribution in [1.29, 1.82) is 0 Å². The maximum atomic E-state index is 12.6. The van der Waals surface area contributed by atoms with Crippen molar-refractivity contribution in [3.63, 3.8) is 0 Å². The molecule has 2 aromatic carbocycles. The Kier molecular flexibility index (Phi) is 5.71. The van der Waals surface area contributed by atoms with Crippen LogP contribution in [0.5, 0.6) is 0 Å². The third kappa shape index (κ3) is 4.19. The van der Waals surface area contributed by atoms with Crippen molar-refractivity contribution in [3.8, 4) is 0 Å². The number of carbonyl (C=O) groups excluding carboxylic acids is 1. The van der Waals surface area contributed by atoms with E-state index in [1.54, 1.807) is 42.5 Å². The summed E-state index contributed by atoms with van der Waals surface area (Å²) in [6.45, 7) is 1.84. The second-order valence-corrected chi connectivity index (χ2v) is 7.00. The van der Waals surface area contributed by atoms with Crippen LogP contribution in [0.3, 0.4) is 0 Å². The average molecular weight is 349 g/mol. The molecule has 7 heteroatoms. The molecule has 0 saturated heterocycles. The van der Waals surface area contributed by atoms with Gasteiger partial charge in [-0.1, -0.05) is 48.0 Å². The molecule has 2 rings (SSSR count). The predicted molar refractivity (Wildman–Crippen MR) is 88.7 cm³/mol. The lowest BCUT2D eigenvalue weighted by Crippen LogP contribution is -2.40. The fourth-order valence-electron chi connectivity index (χ4n) is 2.18. The number of carbonyl (C=O) groups is 1. The Labute approximate surface area is 141 Å². The van der Waals surface area contributed by atoms with Gasteiger partial charge in [-0.3, -0.25) is 0 Å². The maximum absolute atomic E-state index is 12.6. The van der Waals surface area contributed by atoms with E-state index in [0.717, 1.165) is 12.7 Å². The number of aliphatic hydroxyl groups excluding tert-OH is 1. The van der Waals surface area contributed by atoms with Gasteiger partial charge in [0.25, 0.3) is 0 Å². The molecule has 0 radical (unpaired) electrons. The zero-order valence-electron chi connectivity index (χ0n) is 13.3. The average Bonchev–Trinajstić information content (AvgIpc) is 2.59. The third-order valence-electron chi connectivity index (χ3n) is 3.53. The fraction of sp³-hybridized carbons (Fsp3) is 0.235.